The van der Waals surface area contributed by atoms with Crippen LogP contribution >= 0.6 is 0 Å². The molecule has 0 aromatic carbocycles. The lowest BCUT2D eigenvalue weighted by atomic mass is 10.0. The van der Waals surface area contributed by atoms with Crippen molar-refractivity contribution in [2.75, 3.05) is 0 Å². The quantitative estimate of drug-likeness (QED) is 0.350. The van der Waals surface area contributed by atoms with Gasteiger partial charge in [0, 0.05) is 6.42 Å². The fraction of sp³-hybridized carbons (Fsp3) is 0.824. The summed E-state index contributed by atoms with van der Waals surface area (Å²) in [6.07, 6.45) is 16.9. The lowest BCUT2D eigenvalue weighted by molar-refractivity contribution is -0.137. The van der Waals surface area contributed by atoms with E-state index in [-0.39, 0.29) is 0 Å². The van der Waals surface area contributed by atoms with Crippen LogP contribution in [0.25, 0.3) is 0 Å². The zero-order chi connectivity index (χ0) is 14.3. The highest BCUT2D eigenvalue weighted by Gasteiger charge is 1.97. The van der Waals surface area contributed by atoms with E-state index < -0.39 is 5.97 Å². The van der Waals surface area contributed by atoms with Gasteiger partial charge in [0.15, 0.2) is 0 Å². The third-order valence-electron chi connectivity index (χ3n) is 3.69. The molecule has 0 aliphatic rings. The summed E-state index contributed by atoms with van der Waals surface area (Å²) in [7, 11) is 0. The van der Waals surface area contributed by atoms with Crippen LogP contribution in [0, 0.1) is 5.92 Å². The van der Waals surface area contributed by atoms with Crippen molar-refractivity contribution >= 4 is 5.97 Å². The van der Waals surface area contributed by atoms with Gasteiger partial charge in [-0.25, -0.2) is 0 Å². The Labute approximate surface area is 119 Å². The highest BCUT2D eigenvalue weighted by Crippen LogP contribution is 2.12. The number of hydrogen-bond acceptors (Lipinski definition) is 1. The summed E-state index contributed by atoms with van der Waals surface area (Å²) < 4.78 is 0. The molecule has 0 aliphatic carbocycles. The summed E-state index contributed by atoms with van der Waals surface area (Å²) in [5, 5.41) is 8.50. The van der Waals surface area contributed by atoms with Crippen molar-refractivity contribution in [3.8, 4) is 0 Å². The van der Waals surface area contributed by atoms with E-state index in [1.165, 1.54) is 51.4 Å². The van der Waals surface area contributed by atoms with Crippen LogP contribution in [0.4, 0.5) is 0 Å². The molecule has 0 heterocycles. The van der Waals surface area contributed by atoms with E-state index in [1.807, 2.05) is 0 Å². The number of unbranched alkanes of at least 4 members (excludes halogenated alkanes) is 6. The molecular weight excluding hydrogens is 236 g/mol. The Morgan fingerprint density at radius 1 is 1.00 bits per heavy atom. The van der Waals surface area contributed by atoms with E-state index in [0.29, 0.717) is 6.42 Å². The van der Waals surface area contributed by atoms with Crippen LogP contribution in [-0.4, -0.2) is 11.1 Å². The van der Waals surface area contributed by atoms with Crippen LogP contribution in [0.1, 0.15) is 84.5 Å². The van der Waals surface area contributed by atoms with Gasteiger partial charge in [-0.3, -0.25) is 4.79 Å². The van der Waals surface area contributed by atoms with E-state index >= 15 is 0 Å². The molecule has 0 aliphatic heterocycles. The van der Waals surface area contributed by atoms with E-state index in [1.54, 1.807) is 0 Å². The van der Waals surface area contributed by atoms with Gasteiger partial charge in [0.1, 0.15) is 0 Å². The molecule has 112 valence electrons. The first-order valence-electron chi connectivity index (χ1n) is 8.03. The lowest BCUT2D eigenvalue weighted by Crippen LogP contribution is -1.93. The fourth-order valence-electron chi connectivity index (χ4n) is 2.09. The predicted molar refractivity (Wildman–Crippen MR) is 82.4 cm³/mol. The number of aliphatic carboxylic acids is 1. The summed E-state index contributed by atoms with van der Waals surface area (Å²) >= 11 is 0. The monoisotopic (exact) mass is 268 g/mol. The molecule has 2 heteroatoms. The second kappa shape index (κ2) is 13.6. The molecule has 0 unspecified atom stereocenters. The molecule has 0 saturated carbocycles. The fourth-order valence-corrected chi connectivity index (χ4v) is 2.09. The van der Waals surface area contributed by atoms with E-state index in [9.17, 15) is 4.79 Å². The molecule has 0 spiro atoms. The summed E-state index contributed by atoms with van der Waals surface area (Å²) in [5.41, 5.74) is 0. The number of carboxylic acids is 1. The summed E-state index contributed by atoms with van der Waals surface area (Å²) in [6, 6.07) is 0. The van der Waals surface area contributed by atoms with E-state index in [0.717, 1.165) is 18.8 Å². The number of rotatable bonds is 13. The van der Waals surface area contributed by atoms with Gasteiger partial charge in [-0.05, 0) is 38.0 Å². The van der Waals surface area contributed by atoms with Crippen LogP contribution in [0.2, 0.25) is 0 Å². The summed E-state index contributed by atoms with van der Waals surface area (Å²) in [5.74, 6) is 0.208. The minimum absolute atomic E-state index is 0.329. The molecule has 0 aromatic rings. The first-order chi connectivity index (χ1) is 9.16. The molecule has 0 rings (SSSR count). The summed E-state index contributed by atoms with van der Waals surface area (Å²) in [6.45, 7) is 4.59. The van der Waals surface area contributed by atoms with Gasteiger partial charge in [0.25, 0.3) is 0 Å². The van der Waals surface area contributed by atoms with Crippen LogP contribution in [0.3, 0.4) is 0 Å². The molecular formula is C17H32O2. The van der Waals surface area contributed by atoms with Crippen molar-refractivity contribution in [3.05, 3.63) is 12.2 Å². The number of carbonyl (C=O) groups is 1. The highest BCUT2D eigenvalue weighted by atomic mass is 16.4. The standard InChI is InChI=1S/C17H32O2/c1-3-16(2)14-12-10-8-6-4-5-7-9-11-13-15-17(18)19/h6,8,16H,3-5,7,9-15H2,1-2H3,(H,18,19)/t16-/m0/s1. The van der Waals surface area contributed by atoms with Crippen LogP contribution in [-0.2, 0) is 4.79 Å². The van der Waals surface area contributed by atoms with Crippen LogP contribution in [0.15, 0.2) is 12.2 Å². The first kappa shape index (κ1) is 18.2. The average molecular weight is 268 g/mol. The minimum atomic E-state index is -0.666. The van der Waals surface area contributed by atoms with Crippen LogP contribution in [0.5, 0.6) is 0 Å². The maximum absolute atomic E-state index is 10.3. The third-order valence-corrected chi connectivity index (χ3v) is 3.69. The Morgan fingerprint density at radius 3 is 2.21 bits per heavy atom. The zero-order valence-electron chi connectivity index (χ0n) is 12.9. The lowest BCUT2D eigenvalue weighted by Gasteiger charge is -2.05. The molecule has 0 saturated heterocycles. The number of hydrogen-bond donors (Lipinski definition) is 1. The van der Waals surface area contributed by atoms with Crippen molar-refractivity contribution < 1.29 is 9.90 Å². The maximum Gasteiger partial charge on any atom is 0.303 e. The SMILES string of the molecule is CC[C@H](C)CCCC=CCCCCCCCC(=O)O. The molecule has 0 bridgehead atoms. The molecule has 0 amide bonds. The Bertz CT molecular complexity index is 233. The maximum atomic E-state index is 10.3. The Kier molecular flexibility index (Phi) is 13.1. The van der Waals surface area contributed by atoms with E-state index in [4.69, 9.17) is 5.11 Å². The second-order valence-corrected chi connectivity index (χ2v) is 5.62. The van der Waals surface area contributed by atoms with Crippen LogP contribution < -0.4 is 0 Å². The highest BCUT2D eigenvalue weighted by molar-refractivity contribution is 5.66. The Hall–Kier alpha value is -0.790. The van der Waals surface area contributed by atoms with Gasteiger partial charge in [0.2, 0.25) is 0 Å². The molecule has 19 heavy (non-hydrogen) atoms. The minimum Gasteiger partial charge on any atom is -0.481 e. The smallest absolute Gasteiger partial charge is 0.303 e. The van der Waals surface area contributed by atoms with Gasteiger partial charge in [-0.15, -0.1) is 0 Å². The first-order valence-corrected chi connectivity index (χ1v) is 8.03. The van der Waals surface area contributed by atoms with Gasteiger partial charge >= 0.3 is 5.97 Å². The molecule has 1 atom stereocenters. The molecule has 0 aromatic heterocycles. The van der Waals surface area contributed by atoms with Crippen molar-refractivity contribution in [1.29, 1.82) is 0 Å². The number of allylic oxidation sites excluding steroid dienone is 2. The Balaban J connectivity index is 3.15. The largest absolute Gasteiger partial charge is 0.481 e. The van der Waals surface area contributed by atoms with Crippen molar-refractivity contribution in [2.45, 2.75) is 84.5 Å². The zero-order valence-corrected chi connectivity index (χ0v) is 12.9. The van der Waals surface area contributed by atoms with Gasteiger partial charge in [0.05, 0.1) is 0 Å². The predicted octanol–water partition coefficient (Wildman–Crippen LogP) is 5.57. The van der Waals surface area contributed by atoms with Crippen molar-refractivity contribution in [3.63, 3.8) is 0 Å². The van der Waals surface area contributed by atoms with Crippen molar-refractivity contribution in [2.24, 2.45) is 5.92 Å². The van der Waals surface area contributed by atoms with Crippen molar-refractivity contribution in [1.82, 2.24) is 0 Å². The molecule has 1 N–H and O–H groups in total. The Morgan fingerprint density at radius 2 is 1.58 bits per heavy atom. The normalized spacial score (nSPS) is 12.9. The summed E-state index contributed by atoms with van der Waals surface area (Å²) in [4.78, 5) is 10.3. The number of carboxylic acid groups (broad SMARTS) is 1. The van der Waals surface area contributed by atoms with Gasteiger partial charge in [-0.2, -0.15) is 0 Å². The topological polar surface area (TPSA) is 37.3 Å². The molecule has 2 nitrogen and oxygen atoms in total. The van der Waals surface area contributed by atoms with E-state index in [2.05, 4.69) is 26.0 Å². The third kappa shape index (κ3) is 15.2. The van der Waals surface area contributed by atoms with Gasteiger partial charge < -0.3 is 5.11 Å². The average Bonchev–Trinajstić information content (AvgIpc) is 2.39. The molecule has 0 radical (unpaired) electrons. The second-order valence-electron chi connectivity index (χ2n) is 5.62. The van der Waals surface area contributed by atoms with Gasteiger partial charge in [-0.1, -0.05) is 58.1 Å². The molecule has 0 fully saturated rings.